The first-order valence-corrected chi connectivity index (χ1v) is 6.18. The molecule has 1 aliphatic heterocycles. The molecule has 16 heavy (non-hydrogen) atoms. The molecule has 2 rings (SSSR count). The molecule has 0 saturated carbocycles. The number of nitrogens with zero attached hydrogens (tertiary/aromatic N) is 2. The average molecular weight is 232 g/mol. The molecule has 3 heteroatoms. The predicted octanol–water partition coefficient (Wildman–Crippen LogP) is 3.06. The summed E-state index contributed by atoms with van der Waals surface area (Å²) in [6, 6.07) is 8.23. The van der Waals surface area contributed by atoms with Gasteiger partial charge in [0.05, 0.1) is 10.8 Å². The normalized spacial score (nSPS) is 16.0. The van der Waals surface area contributed by atoms with E-state index >= 15 is 0 Å². The van der Waals surface area contributed by atoms with Crippen LogP contribution in [-0.2, 0) is 6.42 Å². The number of likely N-dealkylation sites (tertiary alicyclic amines) is 1. The summed E-state index contributed by atoms with van der Waals surface area (Å²) in [7, 11) is 0. The fourth-order valence-electron chi connectivity index (χ4n) is 2.13. The number of isothiocyanates is 1. The third-order valence-corrected chi connectivity index (χ3v) is 3.09. The molecule has 0 unspecified atom stereocenters. The van der Waals surface area contributed by atoms with Crippen LogP contribution in [0.25, 0.3) is 0 Å². The third kappa shape index (κ3) is 3.24. The van der Waals surface area contributed by atoms with E-state index in [0.29, 0.717) is 0 Å². The molecule has 1 aliphatic rings. The highest BCUT2D eigenvalue weighted by Gasteiger charge is 2.10. The van der Waals surface area contributed by atoms with Crippen LogP contribution in [0.5, 0.6) is 0 Å². The van der Waals surface area contributed by atoms with Gasteiger partial charge in [0.15, 0.2) is 0 Å². The topological polar surface area (TPSA) is 15.6 Å². The number of hydrogen-bond donors (Lipinski definition) is 0. The van der Waals surface area contributed by atoms with Crippen LogP contribution in [0.4, 0.5) is 5.69 Å². The fourth-order valence-corrected chi connectivity index (χ4v) is 2.23. The summed E-state index contributed by atoms with van der Waals surface area (Å²) in [4.78, 5) is 6.52. The molecule has 0 spiro atoms. The maximum absolute atomic E-state index is 4.60. The molecule has 2 nitrogen and oxygen atoms in total. The summed E-state index contributed by atoms with van der Waals surface area (Å²) < 4.78 is 0. The van der Waals surface area contributed by atoms with Crippen LogP contribution in [0.15, 0.2) is 29.3 Å². The molecule has 0 N–H and O–H groups in total. The van der Waals surface area contributed by atoms with Crippen molar-refractivity contribution in [3.8, 4) is 0 Å². The van der Waals surface area contributed by atoms with Crippen LogP contribution >= 0.6 is 12.2 Å². The lowest BCUT2D eigenvalue weighted by Gasteiger charge is -2.14. The van der Waals surface area contributed by atoms with Crippen molar-refractivity contribution in [2.75, 3.05) is 19.6 Å². The number of rotatable bonds is 4. The van der Waals surface area contributed by atoms with Crippen molar-refractivity contribution >= 4 is 23.1 Å². The first kappa shape index (κ1) is 11.5. The van der Waals surface area contributed by atoms with E-state index in [0.717, 1.165) is 18.7 Å². The van der Waals surface area contributed by atoms with Crippen molar-refractivity contribution in [1.82, 2.24) is 4.90 Å². The van der Waals surface area contributed by atoms with Gasteiger partial charge >= 0.3 is 0 Å². The molecule has 1 heterocycles. The fraction of sp³-hybridized carbons (Fsp3) is 0.462. The van der Waals surface area contributed by atoms with Crippen molar-refractivity contribution < 1.29 is 0 Å². The first-order chi connectivity index (χ1) is 7.88. The molecule has 0 atom stereocenters. The maximum atomic E-state index is 4.60. The van der Waals surface area contributed by atoms with Gasteiger partial charge in [-0.2, -0.15) is 4.99 Å². The van der Waals surface area contributed by atoms with Crippen LogP contribution in [0.1, 0.15) is 18.4 Å². The van der Waals surface area contributed by atoms with Gasteiger partial charge in [-0.25, -0.2) is 0 Å². The van der Waals surface area contributed by atoms with E-state index in [-0.39, 0.29) is 0 Å². The van der Waals surface area contributed by atoms with Gasteiger partial charge in [0.2, 0.25) is 0 Å². The lowest BCUT2D eigenvalue weighted by Crippen LogP contribution is -2.21. The molecule has 0 amide bonds. The minimum atomic E-state index is 0.911. The van der Waals surface area contributed by atoms with Gasteiger partial charge in [-0.1, -0.05) is 12.1 Å². The Bertz CT molecular complexity index is 391. The molecule has 0 aromatic heterocycles. The molecule has 1 aromatic rings. The zero-order valence-corrected chi connectivity index (χ0v) is 10.2. The number of benzene rings is 1. The van der Waals surface area contributed by atoms with E-state index in [2.05, 4.69) is 39.4 Å². The van der Waals surface area contributed by atoms with Gasteiger partial charge in [0.1, 0.15) is 0 Å². The van der Waals surface area contributed by atoms with Gasteiger partial charge in [0.25, 0.3) is 0 Å². The molecular formula is C13H16N2S. The van der Waals surface area contributed by atoms with E-state index in [4.69, 9.17) is 0 Å². The summed E-state index contributed by atoms with van der Waals surface area (Å²) in [5.41, 5.74) is 2.24. The predicted molar refractivity (Wildman–Crippen MR) is 70.5 cm³/mol. The first-order valence-electron chi connectivity index (χ1n) is 5.77. The van der Waals surface area contributed by atoms with E-state index in [1.54, 1.807) is 0 Å². The summed E-state index contributed by atoms with van der Waals surface area (Å²) in [5, 5.41) is 2.41. The average Bonchev–Trinajstić information content (AvgIpc) is 2.80. The molecule has 1 aromatic carbocycles. The zero-order valence-electron chi connectivity index (χ0n) is 9.35. The molecule has 1 saturated heterocycles. The van der Waals surface area contributed by atoms with E-state index in [1.807, 2.05) is 12.1 Å². The Morgan fingerprint density at radius 2 is 2.12 bits per heavy atom. The highest BCUT2D eigenvalue weighted by Crippen LogP contribution is 2.15. The number of thiocarbonyl (C=S) groups is 1. The molecule has 84 valence electrons. The SMILES string of the molecule is S=C=Nc1cccc(CCN2CCCC2)c1. The highest BCUT2D eigenvalue weighted by atomic mass is 32.1. The molecule has 0 radical (unpaired) electrons. The summed E-state index contributed by atoms with van der Waals surface area (Å²) in [5.74, 6) is 0. The summed E-state index contributed by atoms with van der Waals surface area (Å²) in [6.45, 7) is 3.68. The Hall–Kier alpha value is -1.02. The minimum absolute atomic E-state index is 0.911. The highest BCUT2D eigenvalue weighted by molar-refractivity contribution is 7.78. The number of aliphatic imine (C=N–C) groups is 1. The van der Waals surface area contributed by atoms with Gasteiger partial charge in [-0.15, -0.1) is 0 Å². The standard InChI is InChI=1S/C13H16N2S/c16-11-14-13-5-3-4-12(10-13)6-9-15-7-1-2-8-15/h3-5,10H,1-2,6-9H2. The Morgan fingerprint density at radius 3 is 2.88 bits per heavy atom. The smallest absolute Gasteiger partial charge is 0.0742 e. The minimum Gasteiger partial charge on any atom is -0.303 e. The molecule has 0 aliphatic carbocycles. The molecule has 1 fully saturated rings. The summed E-state index contributed by atoms with van der Waals surface area (Å²) >= 11 is 4.60. The van der Waals surface area contributed by atoms with Crippen LogP contribution in [-0.4, -0.2) is 29.7 Å². The van der Waals surface area contributed by atoms with Crippen LogP contribution in [0.3, 0.4) is 0 Å². The van der Waals surface area contributed by atoms with Gasteiger partial charge < -0.3 is 4.90 Å². The van der Waals surface area contributed by atoms with Crippen molar-refractivity contribution in [3.05, 3.63) is 29.8 Å². The lowest BCUT2D eigenvalue weighted by atomic mass is 10.1. The monoisotopic (exact) mass is 232 g/mol. The van der Waals surface area contributed by atoms with E-state index in [9.17, 15) is 0 Å². The van der Waals surface area contributed by atoms with Gasteiger partial charge in [0, 0.05) is 6.54 Å². The Kier molecular flexibility index (Phi) is 4.23. The second kappa shape index (κ2) is 5.90. The second-order valence-electron chi connectivity index (χ2n) is 4.17. The third-order valence-electron chi connectivity index (χ3n) is 3.00. The van der Waals surface area contributed by atoms with Crippen LogP contribution in [0, 0.1) is 0 Å². The maximum Gasteiger partial charge on any atom is 0.0742 e. The largest absolute Gasteiger partial charge is 0.303 e. The van der Waals surface area contributed by atoms with Crippen LogP contribution in [0.2, 0.25) is 0 Å². The number of hydrogen-bond acceptors (Lipinski definition) is 3. The molecular weight excluding hydrogens is 216 g/mol. The molecule has 0 bridgehead atoms. The lowest BCUT2D eigenvalue weighted by molar-refractivity contribution is 0.343. The summed E-state index contributed by atoms with van der Waals surface area (Å²) in [6.07, 6.45) is 3.81. The Labute approximate surface area is 102 Å². The Morgan fingerprint density at radius 1 is 1.31 bits per heavy atom. The van der Waals surface area contributed by atoms with Gasteiger partial charge in [-0.3, -0.25) is 0 Å². The van der Waals surface area contributed by atoms with Gasteiger partial charge in [-0.05, 0) is 62.3 Å². The zero-order chi connectivity index (χ0) is 11.2. The Balaban J connectivity index is 1.92. The van der Waals surface area contributed by atoms with E-state index in [1.165, 1.54) is 31.5 Å². The van der Waals surface area contributed by atoms with E-state index < -0.39 is 0 Å². The van der Waals surface area contributed by atoms with Crippen molar-refractivity contribution in [2.45, 2.75) is 19.3 Å². The van der Waals surface area contributed by atoms with Crippen molar-refractivity contribution in [2.24, 2.45) is 4.99 Å². The van der Waals surface area contributed by atoms with Crippen LogP contribution < -0.4 is 0 Å². The quantitative estimate of drug-likeness (QED) is 0.585. The van der Waals surface area contributed by atoms with Crippen molar-refractivity contribution in [3.63, 3.8) is 0 Å². The second-order valence-corrected chi connectivity index (χ2v) is 4.35. The van der Waals surface area contributed by atoms with Crippen molar-refractivity contribution in [1.29, 1.82) is 0 Å².